The van der Waals surface area contributed by atoms with Crippen molar-refractivity contribution in [2.45, 2.75) is 26.3 Å². The first-order valence-corrected chi connectivity index (χ1v) is 7.12. The Morgan fingerprint density at radius 2 is 2.28 bits per heavy atom. The molecule has 0 aromatic carbocycles. The SMILES string of the molecule is Cc1cc(CCC[n+]2cccnc2N)c(Br)s1.[Br-]. The number of nitrogens with two attached hydrogens (primary N) is 1. The first-order chi connectivity index (χ1) is 8.16. The summed E-state index contributed by atoms with van der Waals surface area (Å²) in [5.74, 6) is 0.577. The van der Waals surface area contributed by atoms with Crippen LogP contribution in [0, 0.1) is 6.92 Å². The second-order valence-electron chi connectivity index (χ2n) is 3.93. The predicted octanol–water partition coefficient (Wildman–Crippen LogP) is -0.279. The molecule has 0 aliphatic carbocycles. The first kappa shape index (κ1) is 15.6. The maximum Gasteiger partial charge on any atom is 0.389 e. The molecular formula is C12H15Br2N3S. The predicted molar refractivity (Wildman–Crippen MR) is 73.9 cm³/mol. The van der Waals surface area contributed by atoms with Gasteiger partial charge in [-0.15, -0.1) is 11.3 Å². The summed E-state index contributed by atoms with van der Waals surface area (Å²) in [6.45, 7) is 3.04. The van der Waals surface area contributed by atoms with E-state index in [2.05, 4.69) is 33.9 Å². The van der Waals surface area contributed by atoms with Gasteiger partial charge in [-0.2, -0.15) is 0 Å². The molecule has 98 valence electrons. The van der Waals surface area contributed by atoms with Gasteiger partial charge < -0.3 is 17.0 Å². The van der Waals surface area contributed by atoms with Crippen molar-refractivity contribution in [1.82, 2.24) is 4.98 Å². The Hall–Kier alpha value is -0.460. The van der Waals surface area contributed by atoms with Crippen molar-refractivity contribution in [2.75, 3.05) is 5.73 Å². The summed E-state index contributed by atoms with van der Waals surface area (Å²) in [6.07, 6.45) is 5.81. The van der Waals surface area contributed by atoms with Crippen LogP contribution in [-0.2, 0) is 13.0 Å². The van der Waals surface area contributed by atoms with Gasteiger partial charge in [-0.3, -0.25) is 5.73 Å². The zero-order chi connectivity index (χ0) is 12.3. The van der Waals surface area contributed by atoms with Crippen LogP contribution >= 0.6 is 27.3 Å². The van der Waals surface area contributed by atoms with Crippen LogP contribution in [0.2, 0.25) is 0 Å². The highest BCUT2D eigenvalue weighted by Gasteiger charge is 2.07. The van der Waals surface area contributed by atoms with Crippen molar-refractivity contribution in [1.29, 1.82) is 0 Å². The third kappa shape index (κ3) is 4.03. The third-order valence-corrected chi connectivity index (χ3v) is 4.45. The molecule has 0 spiro atoms. The lowest BCUT2D eigenvalue weighted by molar-refractivity contribution is -0.685. The summed E-state index contributed by atoms with van der Waals surface area (Å²) in [6, 6.07) is 4.15. The molecule has 0 saturated heterocycles. The van der Waals surface area contributed by atoms with Crippen LogP contribution < -0.4 is 27.3 Å². The molecule has 0 radical (unpaired) electrons. The number of aryl methyl sites for hydroxylation is 3. The molecule has 2 heterocycles. The smallest absolute Gasteiger partial charge is 0.389 e. The van der Waals surface area contributed by atoms with Crippen molar-refractivity contribution in [3.8, 4) is 0 Å². The van der Waals surface area contributed by atoms with Gasteiger partial charge in [0.2, 0.25) is 0 Å². The molecule has 18 heavy (non-hydrogen) atoms. The fourth-order valence-electron chi connectivity index (χ4n) is 1.75. The van der Waals surface area contributed by atoms with Gasteiger partial charge in [0, 0.05) is 10.9 Å². The average molecular weight is 393 g/mol. The number of hydrogen-bond acceptors (Lipinski definition) is 3. The van der Waals surface area contributed by atoms with E-state index < -0.39 is 0 Å². The van der Waals surface area contributed by atoms with Gasteiger partial charge >= 0.3 is 5.95 Å². The van der Waals surface area contributed by atoms with Crippen LogP contribution in [0.3, 0.4) is 0 Å². The summed E-state index contributed by atoms with van der Waals surface area (Å²) in [7, 11) is 0. The summed E-state index contributed by atoms with van der Waals surface area (Å²) in [5.41, 5.74) is 7.16. The molecule has 0 fully saturated rings. The molecule has 0 bridgehead atoms. The highest BCUT2D eigenvalue weighted by molar-refractivity contribution is 9.11. The van der Waals surface area contributed by atoms with Crippen molar-refractivity contribution in [2.24, 2.45) is 0 Å². The van der Waals surface area contributed by atoms with Crippen molar-refractivity contribution < 1.29 is 21.5 Å². The number of nitrogens with zero attached hydrogens (tertiary/aromatic N) is 2. The second-order valence-corrected chi connectivity index (χ2v) is 6.51. The van der Waals surface area contributed by atoms with E-state index in [-0.39, 0.29) is 17.0 Å². The molecule has 2 aromatic rings. The van der Waals surface area contributed by atoms with Gasteiger partial charge in [0.15, 0.2) is 0 Å². The van der Waals surface area contributed by atoms with E-state index in [9.17, 15) is 0 Å². The maximum atomic E-state index is 5.78. The van der Waals surface area contributed by atoms with E-state index in [1.54, 1.807) is 17.5 Å². The van der Waals surface area contributed by atoms with E-state index in [4.69, 9.17) is 5.73 Å². The number of aromatic nitrogens is 2. The van der Waals surface area contributed by atoms with E-state index in [0.717, 1.165) is 19.4 Å². The topological polar surface area (TPSA) is 42.8 Å². The fraction of sp³-hybridized carbons (Fsp3) is 0.333. The number of halogens is 2. The van der Waals surface area contributed by atoms with E-state index >= 15 is 0 Å². The molecule has 6 heteroatoms. The molecule has 2 rings (SSSR count). The van der Waals surface area contributed by atoms with Crippen LogP contribution in [-0.4, -0.2) is 4.98 Å². The van der Waals surface area contributed by atoms with Crippen molar-refractivity contribution in [3.63, 3.8) is 0 Å². The Morgan fingerprint density at radius 3 is 2.89 bits per heavy atom. The minimum Gasteiger partial charge on any atom is -1.00 e. The summed E-state index contributed by atoms with van der Waals surface area (Å²) in [5, 5.41) is 0. The number of rotatable bonds is 4. The second kappa shape index (κ2) is 7.21. The minimum atomic E-state index is 0. The Balaban J connectivity index is 0.00000162. The Kier molecular flexibility index (Phi) is 6.25. The van der Waals surface area contributed by atoms with E-state index in [1.165, 1.54) is 14.2 Å². The number of anilines is 1. The van der Waals surface area contributed by atoms with Gasteiger partial charge in [-0.1, -0.05) is 4.98 Å². The summed E-state index contributed by atoms with van der Waals surface area (Å²) in [4.78, 5) is 5.41. The van der Waals surface area contributed by atoms with Crippen molar-refractivity contribution >= 4 is 33.2 Å². The lowest BCUT2D eigenvalue weighted by Crippen LogP contribution is -3.00. The number of hydrogen-bond donors (Lipinski definition) is 1. The largest absolute Gasteiger partial charge is 1.00 e. The van der Waals surface area contributed by atoms with Crippen LogP contribution in [0.15, 0.2) is 28.3 Å². The van der Waals surface area contributed by atoms with Crippen LogP contribution in [0.1, 0.15) is 16.9 Å². The van der Waals surface area contributed by atoms with E-state index in [0.29, 0.717) is 5.95 Å². The highest BCUT2D eigenvalue weighted by atomic mass is 79.9. The molecule has 0 saturated carbocycles. The Labute approximate surface area is 130 Å². The Morgan fingerprint density at radius 1 is 1.50 bits per heavy atom. The summed E-state index contributed by atoms with van der Waals surface area (Å²) >= 11 is 5.38. The molecule has 0 amide bonds. The van der Waals surface area contributed by atoms with Gasteiger partial charge in [0.1, 0.15) is 6.20 Å². The molecular weight excluding hydrogens is 378 g/mol. The van der Waals surface area contributed by atoms with Gasteiger partial charge in [-0.25, -0.2) is 4.57 Å². The normalized spacial score (nSPS) is 10.1. The zero-order valence-corrected chi connectivity index (χ0v) is 14.1. The molecule has 2 N–H and O–H groups in total. The van der Waals surface area contributed by atoms with Crippen LogP contribution in [0.4, 0.5) is 5.95 Å². The molecule has 0 atom stereocenters. The lowest BCUT2D eigenvalue weighted by Gasteiger charge is -2.02. The first-order valence-electron chi connectivity index (χ1n) is 5.51. The van der Waals surface area contributed by atoms with Crippen LogP contribution in [0.25, 0.3) is 0 Å². The van der Waals surface area contributed by atoms with E-state index in [1.807, 2.05) is 16.8 Å². The molecule has 2 aromatic heterocycles. The molecule has 0 aliphatic rings. The number of thiophene rings is 1. The highest BCUT2D eigenvalue weighted by Crippen LogP contribution is 2.28. The molecule has 0 aliphatic heterocycles. The zero-order valence-electron chi connectivity index (χ0n) is 10.1. The lowest BCUT2D eigenvalue weighted by atomic mass is 10.2. The third-order valence-electron chi connectivity index (χ3n) is 2.58. The minimum absolute atomic E-state index is 0. The molecule has 0 unspecified atom stereocenters. The Bertz CT molecular complexity index is 514. The molecule has 3 nitrogen and oxygen atoms in total. The van der Waals surface area contributed by atoms with Gasteiger partial charge in [0.05, 0.1) is 16.5 Å². The number of nitrogen functional groups attached to an aromatic ring is 1. The van der Waals surface area contributed by atoms with Gasteiger partial charge in [0.25, 0.3) is 0 Å². The fourth-order valence-corrected chi connectivity index (χ4v) is 3.60. The standard InChI is InChI=1S/C12H14BrN3S.BrH/c1-9-8-10(11(13)17-9)4-2-6-16-7-3-5-15-12(16)14;/h3,5,7-8,14H,2,4,6H2,1H3;1H. The van der Waals surface area contributed by atoms with Gasteiger partial charge in [-0.05, 0) is 47.3 Å². The summed E-state index contributed by atoms with van der Waals surface area (Å²) < 4.78 is 3.23. The monoisotopic (exact) mass is 391 g/mol. The van der Waals surface area contributed by atoms with Crippen LogP contribution in [0.5, 0.6) is 0 Å². The quantitative estimate of drug-likeness (QED) is 0.727. The average Bonchev–Trinajstić information content (AvgIpc) is 2.60. The van der Waals surface area contributed by atoms with Crippen molar-refractivity contribution in [3.05, 3.63) is 38.8 Å². The maximum absolute atomic E-state index is 5.78.